The van der Waals surface area contributed by atoms with Crippen molar-refractivity contribution in [3.63, 3.8) is 0 Å². The molecule has 6 nitrogen and oxygen atoms in total. The fourth-order valence-electron chi connectivity index (χ4n) is 3.18. The summed E-state index contributed by atoms with van der Waals surface area (Å²) in [5.41, 5.74) is 0.631. The second kappa shape index (κ2) is 6.29. The Bertz CT molecular complexity index is 756. The molecule has 0 saturated carbocycles. The van der Waals surface area contributed by atoms with Crippen molar-refractivity contribution in [1.82, 2.24) is 14.5 Å². The van der Waals surface area contributed by atoms with Gasteiger partial charge in [-0.2, -0.15) is 0 Å². The van der Waals surface area contributed by atoms with Crippen LogP contribution in [0.1, 0.15) is 19.9 Å². The Morgan fingerprint density at radius 3 is 2.70 bits per heavy atom. The molecule has 0 N–H and O–H groups in total. The normalized spacial score (nSPS) is 22.1. The summed E-state index contributed by atoms with van der Waals surface area (Å²) in [4.78, 5) is 19.7. The van der Waals surface area contributed by atoms with Crippen LogP contribution in [0.2, 0.25) is 0 Å². The minimum atomic E-state index is -0.0495. The van der Waals surface area contributed by atoms with Crippen molar-refractivity contribution < 1.29 is 9.47 Å². The quantitative estimate of drug-likeness (QED) is 0.859. The highest BCUT2D eigenvalue weighted by atomic mass is 16.5. The molecular weight excluding hydrogens is 294 g/mol. The highest BCUT2D eigenvalue weighted by molar-refractivity contribution is 5.78. The predicted octanol–water partition coefficient (Wildman–Crippen LogP) is 1.69. The van der Waals surface area contributed by atoms with Crippen LogP contribution in [0.3, 0.4) is 0 Å². The van der Waals surface area contributed by atoms with E-state index in [9.17, 15) is 4.79 Å². The van der Waals surface area contributed by atoms with Gasteiger partial charge in [-0.1, -0.05) is 0 Å². The van der Waals surface area contributed by atoms with Crippen molar-refractivity contribution in [1.29, 1.82) is 0 Å². The van der Waals surface area contributed by atoms with Crippen LogP contribution in [0.4, 0.5) is 0 Å². The van der Waals surface area contributed by atoms with Gasteiger partial charge >= 0.3 is 0 Å². The van der Waals surface area contributed by atoms with E-state index >= 15 is 0 Å². The third kappa shape index (κ3) is 2.84. The summed E-state index contributed by atoms with van der Waals surface area (Å²) in [5, 5.41) is 0.574. The van der Waals surface area contributed by atoms with Gasteiger partial charge in [0, 0.05) is 26.2 Å². The minimum absolute atomic E-state index is 0.0139. The lowest BCUT2D eigenvalue weighted by molar-refractivity contribution is 0.0787. The first kappa shape index (κ1) is 16.0. The average Bonchev–Trinajstić information content (AvgIpc) is 2.99. The Labute approximate surface area is 135 Å². The molecule has 1 saturated heterocycles. The lowest BCUT2D eigenvalue weighted by Crippen LogP contribution is -2.33. The molecule has 124 valence electrons. The number of fused-ring (bicyclic) bond motifs is 1. The van der Waals surface area contributed by atoms with Gasteiger partial charge < -0.3 is 9.47 Å². The van der Waals surface area contributed by atoms with Gasteiger partial charge in [0.1, 0.15) is 5.75 Å². The van der Waals surface area contributed by atoms with Crippen LogP contribution in [-0.2, 0) is 4.74 Å². The van der Waals surface area contributed by atoms with E-state index in [1.54, 1.807) is 31.2 Å². The van der Waals surface area contributed by atoms with Gasteiger partial charge in [0.05, 0.1) is 36.5 Å². The standard InChI is InChI=1S/C17H23N3O3/c1-11(2)19-8-15(16(9-19)23-4)20-10-18-14-6-5-12(22-3)7-13(14)17(20)21/h5-7,10-11,15-16H,8-9H2,1-4H3/t15-,16-/m0/s1. The molecule has 1 aliphatic heterocycles. The molecule has 1 fully saturated rings. The van der Waals surface area contributed by atoms with E-state index in [1.807, 2.05) is 12.1 Å². The first-order valence-corrected chi connectivity index (χ1v) is 7.87. The first-order chi connectivity index (χ1) is 11.0. The SMILES string of the molecule is COc1ccc2ncn([C@H]3CN(C(C)C)C[C@@H]3OC)c(=O)c2c1. The van der Waals surface area contributed by atoms with Crippen LogP contribution < -0.4 is 10.3 Å². The molecule has 0 amide bonds. The number of ether oxygens (including phenoxy) is 2. The molecule has 1 aromatic carbocycles. The smallest absolute Gasteiger partial charge is 0.261 e. The van der Waals surface area contributed by atoms with Gasteiger partial charge in [-0.3, -0.25) is 14.3 Å². The largest absolute Gasteiger partial charge is 0.497 e. The molecule has 1 aromatic heterocycles. The van der Waals surface area contributed by atoms with Crippen molar-refractivity contribution >= 4 is 10.9 Å². The fraction of sp³-hybridized carbons (Fsp3) is 0.529. The summed E-state index contributed by atoms with van der Waals surface area (Å²) in [5.74, 6) is 0.660. The monoisotopic (exact) mass is 317 g/mol. The van der Waals surface area contributed by atoms with E-state index in [1.165, 1.54) is 0 Å². The summed E-state index contributed by atoms with van der Waals surface area (Å²) in [7, 11) is 3.29. The summed E-state index contributed by atoms with van der Waals surface area (Å²) in [6.45, 7) is 5.91. The summed E-state index contributed by atoms with van der Waals surface area (Å²) >= 11 is 0. The molecule has 0 aliphatic carbocycles. The zero-order valence-corrected chi connectivity index (χ0v) is 14.0. The lowest BCUT2D eigenvalue weighted by Gasteiger charge is -2.20. The molecule has 3 rings (SSSR count). The third-order valence-corrected chi connectivity index (χ3v) is 4.65. The van der Waals surface area contributed by atoms with E-state index in [2.05, 4.69) is 23.7 Å². The lowest BCUT2D eigenvalue weighted by atomic mass is 10.2. The number of likely N-dealkylation sites (tertiary alicyclic amines) is 1. The number of rotatable bonds is 4. The van der Waals surface area contributed by atoms with Gasteiger partial charge in [-0.05, 0) is 32.0 Å². The highest BCUT2D eigenvalue weighted by Gasteiger charge is 2.36. The van der Waals surface area contributed by atoms with E-state index < -0.39 is 0 Å². The highest BCUT2D eigenvalue weighted by Crippen LogP contribution is 2.25. The maximum atomic E-state index is 12.9. The van der Waals surface area contributed by atoms with Crippen LogP contribution in [0.5, 0.6) is 5.75 Å². The molecule has 23 heavy (non-hydrogen) atoms. The summed E-state index contributed by atoms with van der Waals surface area (Å²) in [6, 6.07) is 5.76. The van der Waals surface area contributed by atoms with Gasteiger partial charge in [-0.15, -0.1) is 0 Å². The van der Waals surface area contributed by atoms with Crippen LogP contribution in [0.25, 0.3) is 10.9 Å². The molecule has 0 spiro atoms. The molecule has 2 heterocycles. The number of nitrogens with zero attached hydrogens (tertiary/aromatic N) is 3. The molecule has 0 bridgehead atoms. The van der Waals surface area contributed by atoms with Crippen LogP contribution in [0.15, 0.2) is 29.3 Å². The molecule has 1 aliphatic rings. The van der Waals surface area contributed by atoms with Gasteiger partial charge in [-0.25, -0.2) is 4.98 Å². The van der Waals surface area contributed by atoms with E-state index in [0.717, 1.165) is 13.1 Å². The molecule has 0 radical (unpaired) electrons. The van der Waals surface area contributed by atoms with E-state index in [4.69, 9.17) is 9.47 Å². The van der Waals surface area contributed by atoms with Crippen molar-refractivity contribution in [2.24, 2.45) is 0 Å². The Morgan fingerprint density at radius 2 is 2.04 bits per heavy atom. The number of hydrogen-bond acceptors (Lipinski definition) is 5. The second-order valence-corrected chi connectivity index (χ2v) is 6.23. The van der Waals surface area contributed by atoms with Crippen molar-refractivity contribution in [2.45, 2.75) is 32.0 Å². The number of hydrogen-bond donors (Lipinski definition) is 0. The van der Waals surface area contributed by atoms with Gasteiger partial charge in [0.2, 0.25) is 0 Å². The van der Waals surface area contributed by atoms with Crippen molar-refractivity contribution in [2.75, 3.05) is 27.3 Å². The maximum Gasteiger partial charge on any atom is 0.261 e. The summed E-state index contributed by atoms with van der Waals surface area (Å²) in [6.07, 6.45) is 1.62. The zero-order chi connectivity index (χ0) is 16.6. The minimum Gasteiger partial charge on any atom is -0.497 e. The van der Waals surface area contributed by atoms with Crippen LogP contribution >= 0.6 is 0 Å². The van der Waals surface area contributed by atoms with Crippen molar-refractivity contribution in [3.05, 3.63) is 34.9 Å². The van der Waals surface area contributed by atoms with E-state index in [-0.39, 0.29) is 17.7 Å². The maximum absolute atomic E-state index is 12.9. The Kier molecular flexibility index (Phi) is 4.37. The zero-order valence-electron chi connectivity index (χ0n) is 14.0. The van der Waals surface area contributed by atoms with Gasteiger partial charge in [0.15, 0.2) is 0 Å². The third-order valence-electron chi connectivity index (χ3n) is 4.65. The molecule has 0 unspecified atom stereocenters. The summed E-state index contributed by atoms with van der Waals surface area (Å²) < 4.78 is 12.5. The second-order valence-electron chi connectivity index (χ2n) is 6.23. The number of methoxy groups -OCH3 is 2. The number of aromatic nitrogens is 2. The first-order valence-electron chi connectivity index (χ1n) is 7.87. The molecule has 6 heteroatoms. The molecule has 2 atom stereocenters. The predicted molar refractivity (Wildman–Crippen MR) is 89.1 cm³/mol. The molecule has 2 aromatic rings. The number of benzene rings is 1. The Balaban J connectivity index is 2.05. The topological polar surface area (TPSA) is 56.6 Å². The average molecular weight is 317 g/mol. The van der Waals surface area contributed by atoms with E-state index in [0.29, 0.717) is 22.7 Å². The fourth-order valence-corrected chi connectivity index (χ4v) is 3.18. The Morgan fingerprint density at radius 1 is 1.26 bits per heavy atom. The van der Waals surface area contributed by atoms with Crippen LogP contribution in [0, 0.1) is 0 Å². The molecular formula is C17H23N3O3. The van der Waals surface area contributed by atoms with Crippen LogP contribution in [-0.4, -0.2) is 53.9 Å². The Hall–Kier alpha value is -1.92. The van der Waals surface area contributed by atoms with Gasteiger partial charge in [0.25, 0.3) is 5.56 Å². The van der Waals surface area contributed by atoms with Crippen molar-refractivity contribution in [3.8, 4) is 5.75 Å².